The van der Waals surface area contributed by atoms with E-state index in [-0.39, 0.29) is 6.10 Å². The first-order chi connectivity index (χ1) is 9.20. The van der Waals surface area contributed by atoms with E-state index in [1.165, 1.54) is 32.1 Å². The molecular weight excluding hydrogens is 240 g/mol. The summed E-state index contributed by atoms with van der Waals surface area (Å²) >= 11 is 0. The Bertz CT molecular complexity index is 216. The number of hydrogen-bond donors (Lipinski definition) is 1. The van der Waals surface area contributed by atoms with Gasteiger partial charge in [0.05, 0.1) is 13.2 Å². The number of epoxide rings is 1. The molecule has 0 saturated carbocycles. The Labute approximate surface area is 118 Å². The molecule has 1 heterocycles. The molecule has 0 amide bonds. The highest BCUT2D eigenvalue weighted by Crippen LogP contribution is 2.25. The molecule has 0 spiro atoms. The third-order valence-corrected chi connectivity index (χ3v) is 3.78. The maximum atomic E-state index is 10.5. The topological polar surface area (TPSA) is 42.0 Å². The molecule has 19 heavy (non-hydrogen) atoms. The fourth-order valence-electron chi connectivity index (χ4n) is 2.32. The van der Waals surface area contributed by atoms with Gasteiger partial charge >= 0.3 is 0 Å². The second kappa shape index (κ2) is 9.73. The molecule has 2 unspecified atom stereocenters. The summed E-state index contributed by atoms with van der Waals surface area (Å²) in [5.41, 5.74) is 0. The van der Waals surface area contributed by atoms with E-state index in [9.17, 15) is 5.11 Å². The Morgan fingerprint density at radius 3 is 2.21 bits per heavy atom. The summed E-state index contributed by atoms with van der Waals surface area (Å²) in [6.07, 6.45) is 11.4. The smallest absolute Gasteiger partial charge is 0.165 e. The minimum atomic E-state index is -0.910. The number of rotatable bonds is 13. The Balaban J connectivity index is 2.14. The van der Waals surface area contributed by atoms with Gasteiger partial charge in [-0.15, -0.1) is 0 Å². The van der Waals surface area contributed by atoms with E-state index in [0.717, 1.165) is 38.7 Å². The Morgan fingerprint density at radius 2 is 1.58 bits per heavy atom. The van der Waals surface area contributed by atoms with Crippen LogP contribution in [0.25, 0.3) is 0 Å². The van der Waals surface area contributed by atoms with Crippen molar-refractivity contribution in [1.82, 2.24) is 0 Å². The zero-order valence-electron chi connectivity index (χ0n) is 12.8. The van der Waals surface area contributed by atoms with Crippen LogP contribution in [-0.4, -0.2) is 30.2 Å². The van der Waals surface area contributed by atoms with Gasteiger partial charge in [-0.3, -0.25) is 0 Å². The van der Waals surface area contributed by atoms with Crippen LogP contribution in [0.3, 0.4) is 0 Å². The number of aliphatic hydroxyl groups is 1. The highest BCUT2D eigenvalue weighted by molar-refractivity contribution is 4.73. The van der Waals surface area contributed by atoms with Crippen LogP contribution in [0, 0.1) is 0 Å². The fraction of sp³-hybridized carbons (Fsp3) is 1.00. The van der Waals surface area contributed by atoms with Gasteiger partial charge < -0.3 is 14.6 Å². The molecule has 0 aromatic heterocycles. The Hall–Kier alpha value is -0.120. The average Bonchev–Trinajstić information content (AvgIpc) is 3.23. The Kier molecular flexibility index (Phi) is 8.67. The monoisotopic (exact) mass is 272 g/mol. The quantitative estimate of drug-likeness (QED) is 0.313. The molecule has 1 aliphatic heterocycles. The maximum Gasteiger partial charge on any atom is 0.165 e. The van der Waals surface area contributed by atoms with Crippen molar-refractivity contribution in [1.29, 1.82) is 0 Å². The molecule has 3 nitrogen and oxygen atoms in total. The molecule has 0 radical (unpaired) electrons. The molecule has 0 aromatic carbocycles. The van der Waals surface area contributed by atoms with Crippen LogP contribution in [0.1, 0.15) is 78.1 Å². The van der Waals surface area contributed by atoms with Crippen molar-refractivity contribution in [3.63, 3.8) is 0 Å². The second-order valence-electron chi connectivity index (χ2n) is 5.83. The summed E-state index contributed by atoms with van der Waals surface area (Å²) in [6.45, 7) is 5.73. The van der Waals surface area contributed by atoms with Crippen LogP contribution in [-0.2, 0) is 9.47 Å². The fourth-order valence-corrected chi connectivity index (χ4v) is 2.32. The van der Waals surface area contributed by atoms with Crippen molar-refractivity contribution in [2.24, 2.45) is 0 Å². The van der Waals surface area contributed by atoms with E-state index >= 15 is 0 Å². The summed E-state index contributed by atoms with van der Waals surface area (Å²) < 4.78 is 10.9. The molecule has 1 fully saturated rings. The standard InChI is InChI=1S/C16H32O3/c1-3-5-7-8-9-10-12-16(17,11-6-4-2)19-14-15-13-18-15/h15,17H,3-14H2,1-2H3. The lowest BCUT2D eigenvalue weighted by molar-refractivity contribution is -0.215. The zero-order valence-corrected chi connectivity index (χ0v) is 12.8. The Morgan fingerprint density at radius 1 is 1.00 bits per heavy atom. The molecule has 1 saturated heterocycles. The summed E-state index contributed by atoms with van der Waals surface area (Å²) in [7, 11) is 0. The molecular formula is C16H32O3. The van der Waals surface area contributed by atoms with Crippen LogP contribution < -0.4 is 0 Å². The minimum Gasteiger partial charge on any atom is -0.371 e. The van der Waals surface area contributed by atoms with Crippen molar-refractivity contribution in [2.45, 2.75) is 89.9 Å². The molecule has 1 N–H and O–H groups in total. The summed E-state index contributed by atoms with van der Waals surface area (Å²) in [5.74, 6) is -0.910. The molecule has 0 aliphatic carbocycles. The van der Waals surface area contributed by atoms with Crippen LogP contribution in [0.5, 0.6) is 0 Å². The van der Waals surface area contributed by atoms with Crippen molar-refractivity contribution < 1.29 is 14.6 Å². The van der Waals surface area contributed by atoms with Crippen LogP contribution in [0.15, 0.2) is 0 Å². The lowest BCUT2D eigenvalue weighted by Crippen LogP contribution is -2.33. The van der Waals surface area contributed by atoms with E-state index in [4.69, 9.17) is 9.47 Å². The molecule has 0 bridgehead atoms. The van der Waals surface area contributed by atoms with Crippen molar-refractivity contribution in [3.05, 3.63) is 0 Å². The van der Waals surface area contributed by atoms with Crippen LogP contribution >= 0.6 is 0 Å². The zero-order chi connectivity index (χ0) is 14.0. The maximum absolute atomic E-state index is 10.5. The predicted octanol–water partition coefficient (Wildman–Crippen LogP) is 4.03. The molecule has 3 heteroatoms. The lowest BCUT2D eigenvalue weighted by atomic mass is 10.0. The number of hydrogen-bond acceptors (Lipinski definition) is 3. The first kappa shape index (κ1) is 16.9. The van der Waals surface area contributed by atoms with E-state index in [1.54, 1.807) is 0 Å². The van der Waals surface area contributed by atoms with E-state index in [1.807, 2.05) is 0 Å². The third kappa shape index (κ3) is 8.61. The molecule has 0 aromatic rings. The van der Waals surface area contributed by atoms with Crippen LogP contribution in [0.4, 0.5) is 0 Å². The predicted molar refractivity (Wildman–Crippen MR) is 78.2 cm³/mol. The van der Waals surface area contributed by atoms with Gasteiger partial charge in [-0.2, -0.15) is 0 Å². The van der Waals surface area contributed by atoms with Gasteiger partial charge in [0.25, 0.3) is 0 Å². The minimum absolute atomic E-state index is 0.234. The van der Waals surface area contributed by atoms with Gasteiger partial charge in [0.15, 0.2) is 5.79 Å². The second-order valence-corrected chi connectivity index (χ2v) is 5.83. The van der Waals surface area contributed by atoms with E-state index in [2.05, 4.69) is 13.8 Å². The van der Waals surface area contributed by atoms with Crippen molar-refractivity contribution in [2.75, 3.05) is 13.2 Å². The highest BCUT2D eigenvalue weighted by atomic mass is 16.7. The first-order valence-electron chi connectivity index (χ1n) is 8.18. The largest absolute Gasteiger partial charge is 0.371 e. The van der Waals surface area contributed by atoms with Gasteiger partial charge in [0.1, 0.15) is 6.10 Å². The third-order valence-electron chi connectivity index (χ3n) is 3.78. The number of ether oxygens (including phenoxy) is 2. The summed E-state index contributed by atoms with van der Waals surface area (Å²) in [4.78, 5) is 0. The van der Waals surface area contributed by atoms with Gasteiger partial charge in [-0.25, -0.2) is 0 Å². The summed E-state index contributed by atoms with van der Waals surface area (Å²) in [5, 5.41) is 10.5. The van der Waals surface area contributed by atoms with Gasteiger partial charge in [0.2, 0.25) is 0 Å². The average molecular weight is 272 g/mol. The number of unbranched alkanes of at least 4 members (excludes halogenated alkanes) is 6. The molecule has 1 rings (SSSR count). The van der Waals surface area contributed by atoms with Gasteiger partial charge in [-0.05, 0) is 12.8 Å². The van der Waals surface area contributed by atoms with E-state index in [0.29, 0.717) is 6.61 Å². The SMILES string of the molecule is CCCCCCCCC(O)(CCCC)OCC1CO1. The molecule has 1 aliphatic rings. The summed E-state index contributed by atoms with van der Waals surface area (Å²) in [6, 6.07) is 0. The van der Waals surface area contributed by atoms with E-state index < -0.39 is 5.79 Å². The van der Waals surface area contributed by atoms with Gasteiger partial charge in [0, 0.05) is 12.8 Å². The molecule has 2 atom stereocenters. The van der Waals surface area contributed by atoms with Crippen molar-refractivity contribution in [3.8, 4) is 0 Å². The normalized spacial score (nSPS) is 21.3. The lowest BCUT2D eigenvalue weighted by Gasteiger charge is -2.28. The highest BCUT2D eigenvalue weighted by Gasteiger charge is 2.31. The van der Waals surface area contributed by atoms with Crippen molar-refractivity contribution >= 4 is 0 Å². The molecule has 114 valence electrons. The van der Waals surface area contributed by atoms with Crippen LogP contribution in [0.2, 0.25) is 0 Å². The first-order valence-corrected chi connectivity index (χ1v) is 8.18. The van der Waals surface area contributed by atoms with Gasteiger partial charge in [-0.1, -0.05) is 52.4 Å².